The van der Waals surface area contributed by atoms with E-state index in [1.807, 2.05) is 0 Å². The molecule has 4 aromatic rings. The fourth-order valence-corrected chi connectivity index (χ4v) is 2.61. The number of nitrogens with one attached hydrogen (secondary N) is 1. The molecule has 1 N–H and O–H groups in total. The van der Waals surface area contributed by atoms with Crippen molar-refractivity contribution in [2.24, 2.45) is 0 Å². The van der Waals surface area contributed by atoms with Gasteiger partial charge in [0.25, 0.3) is 0 Å². The number of nitrogens with zero attached hydrogens (tertiary/aromatic N) is 5. The summed E-state index contributed by atoms with van der Waals surface area (Å²) in [5.74, 6) is -1.50. The van der Waals surface area contributed by atoms with E-state index in [0.29, 0.717) is 40.2 Å². The third-order valence-corrected chi connectivity index (χ3v) is 3.86. The van der Waals surface area contributed by atoms with Crippen molar-refractivity contribution >= 4 is 22.3 Å². The van der Waals surface area contributed by atoms with Gasteiger partial charge in [0.2, 0.25) is 5.95 Å². The second kappa shape index (κ2) is 5.66. The van der Waals surface area contributed by atoms with Crippen molar-refractivity contribution in [3.63, 3.8) is 0 Å². The van der Waals surface area contributed by atoms with Gasteiger partial charge in [-0.05, 0) is 42.8 Å². The van der Waals surface area contributed by atoms with E-state index in [0.717, 1.165) is 11.6 Å². The van der Waals surface area contributed by atoms with Gasteiger partial charge < -0.3 is 5.41 Å². The Kier molecular flexibility index (Phi) is 3.45. The van der Waals surface area contributed by atoms with Crippen LogP contribution in [0.2, 0.25) is 0 Å². The predicted molar refractivity (Wildman–Crippen MR) is 87.7 cm³/mol. The molecule has 0 spiro atoms. The Hall–Kier alpha value is -3.29. The molecule has 0 amide bonds. The van der Waals surface area contributed by atoms with Crippen molar-refractivity contribution in [3.05, 3.63) is 65.2 Å². The van der Waals surface area contributed by atoms with E-state index in [9.17, 15) is 8.78 Å². The minimum absolute atomic E-state index is 0.343. The molecule has 4 rings (SSSR count). The highest BCUT2D eigenvalue weighted by Gasteiger charge is 2.11. The van der Waals surface area contributed by atoms with Crippen LogP contribution in [0.15, 0.2) is 36.4 Å². The Morgan fingerprint density at radius 1 is 1.12 bits per heavy atom. The second-order valence-corrected chi connectivity index (χ2v) is 5.69. The average molecular weight is 338 g/mol. The highest BCUT2D eigenvalue weighted by atomic mass is 19.2. The maximum Gasteiger partial charge on any atom is 0.249 e. The maximum atomic E-state index is 13.4. The second-order valence-electron chi connectivity index (χ2n) is 5.69. The van der Waals surface area contributed by atoms with E-state index in [4.69, 9.17) is 5.41 Å². The van der Waals surface area contributed by atoms with E-state index in [2.05, 4.69) is 20.3 Å². The number of halogens is 2. The molecule has 3 aromatic heterocycles. The molecular formula is C17H12F2N6. The maximum absolute atomic E-state index is 13.4. The topological polar surface area (TPSA) is 79.8 Å². The van der Waals surface area contributed by atoms with Gasteiger partial charge >= 0.3 is 0 Å². The van der Waals surface area contributed by atoms with E-state index >= 15 is 0 Å². The monoisotopic (exact) mass is 338 g/mol. The van der Waals surface area contributed by atoms with Gasteiger partial charge in [0.1, 0.15) is 5.69 Å². The summed E-state index contributed by atoms with van der Waals surface area (Å²) < 4.78 is 28.2. The molecule has 3 heterocycles. The Labute approximate surface area is 140 Å². The standard InChI is InChI=1S/C17H12F2N6/c1-9(20)13-4-5-15-22-23-16(25(15)24-13)7-10-2-3-14-11(6-10)8-12(18)17(19)21-14/h2-6,8,20H,7H2,1H3. The third-order valence-electron chi connectivity index (χ3n) is 3.86. The van der Waals surface area contributed by atoms with Crippen LogP contribution in [0.5, 0.6) is 0 Å². The molecular weight excluding hydrogens is 326 g/mol. The summed E-state index contributed by atoms with van der Waals surface area (Å²) in [6.07, 6.45) is 0.406. The molecule has 0 aliphatic carbocycles. The van der Waals surface area contributed by atoms with Gasteiger partial charge in [0.05, 0.1) is 11.2 Å². The van der Waals surface area contributed by atoms with Crippen LogP contribution in [0.25, 0.3) is 16.6 Å². The number of aromatic nitrogens is 5. The molecule has 0 radical (unpaired) electrons. The van der Waals surface area contributed by atoms with Gasteiger partial charge in [-0.25, -0.2) is 9.37 Å². The van der Waals surface area contributed by atoms with Crippen LogP contribution in [-0.2, 0) is 6.42 Å². The first-order valence-corrected chi connectivity index (χ1v) is 7.53. The lowest BCUT2D eigenvalue weighted by Crippen LogP contribution is -2.05. The van der Waals surface area contributed by atoms with Gasteiger partial charge in [-0.1, -0.05) is 6.07 Å². The molecule has 124 valence electrons. The lowest BCUT2D eigenvalue weighted by molar-refractivity contribution is 0.484. The number of pyridine rings is 1. The molecule has 1 aromatic carbocycles. The number of hydrogen-bond donors (Lipinski definition) is 1. The molecule has 0 unspecified atom stereocenters. The molecule has 25 heavy (non-hydrogen) atoms. The van der Waals surface area contributed by atoms with Gasteiger partial charge in [0, 0.05) is 11.8 Å². The fourth-order valence-electron chi connectivity index (χ4n) is 2.61. The number of benzene rings is 1. The zero-order chi connectivity index (χ0) is 17.6. The SMILES string of the molecule is CC(=N)c1ccc2nnc(Cc3ccc4nc(F)c(F)cc4c3)n2n1. The quantitative estimate of drug-likeness (QED) is 0.460. The highest BCUT2D eigenvalue weighted by Crippen LogP contribution is 2.19. The number of hydrogen-bond acceptors (Lipinski definition) is 5. The minimum atomic E-state index is -1.11. The van der Waals surface area contributed by atoms with Crippen molar-refractivity contribution in [1.82, 2.24) is 24.8 Å². The minimum Gasteiger partial charge on any atom is -0.303 e. The molecule has 0 aliphatic rings. The summed E-state index contributed by atoms with van der Waals surface area (Å²) in [4.78, 5) is 3.58. The Balaban J connectivity index is 1.75. The molecule has 0 saturated heterocycles. The van der Waals surface area contributed by atoms with Gasteiger partial charge in [-0.15, -0.1) is 10.2 Å². The Morgan fingerprint density at radius 3 is 2.76 bits per heavy atom. The fraction of sp³-hybridized carbons (Fsp3) is 0.118. The highest BCUT2D eigenvalue weighted by molar-refractivity contribution is 5.94. The van der Waals surface area contributed by atoms with E-state index in [-0.39, 0.29) is 0 Å². The largest absolute Gasteiger partial charge is 0.303 e. The first-order chi connectivity index (χ1) is 12.0. The first-order valence-electron chi connectivity index (χ1n) is 7.53. The van der Waals surface area contributed by atoms with Gasteiger partial charge in [-0.3, -0.25) is 0 Å². The summed E-state index contributed by atoms with van der Waals surface area (Å²) in [5.41, 5.74) is 2.68. The van der Waals surface area contributed by atoms with Crippen molar-refractivity contribution in [2.45, 2.75) is 13.3 Å². The van der Waals surface area contributed by atoms with Gasteiger partial charge in [-0.2, -0.15) is 14.0 Å². The third kappa shape index (κ3) is 2.71. The van der Waals surface area contributed by atoms with Crippen LogP contribution in [0.1, 0.15) is 24.0 Å². The molecule has 0 fully saturated rings. The summed E-state index contributed by atoms with van der Waals surface area (Å²) >= 11 is 0. The normalized spacial score (nSPS) is 11.3. The number of fused-ring (bicyclic) bond motifs is 2. The molecule has 0 bridgehead atoms. The zero-order valence-electron chi connectivity index (χ0n) is 13.2. The van der Waals surface area contributed by atoms with Crippen molar-refractivity contribution in [1.29, 1.82) is 5.41 Å². The van der Waals surface area contributed by atoms with Crippen LogP contribution in [-0.4, -0.2) is 30.5 Å². The zero-order valence-corrected chi connectivity index (χ0v) is 13.2. The lowest BCUT2D eigenvalue weighted by atomic mass is 10.1. The van der Waals surface area contributed by atoms with Crippen LogP contribution >= 0.6 is 0 Å². The van der Waals surface area contributed by atoms with Crippen LogP contribution < -0.4 is 0 Å². The molecule has 0 atom stereocenters. The molecule has 6 nitrogen and oxygen atoms in total. The predicted octanol–water partition coefficient (Wildman–Crippen LogP) is 2.93. The Bertz CT molecular complexity index is 1130. The van der Waals surface area contributed by atoms with Gasteiger partial charge in [0.15, 0.2) is 17.3 Å². The van der Waals surface area contributed by atoms with Crippen LogP contribution in [0.3, 0.4) is 0 Å². The van der Waals surface area contributed by atoms with E-state index < -0.39 is 11.8 Å². The summed E-state index contributed by atoms with van der Waals surface area (Å²) in [7, 11) is 0. The molecule has 0 saturated carbocycles. The molecule has 0 aliphatic heterocycles. The lowest BCUT2D eigenvalue weighted by Gasteiger charge is -2.04. The van der Waals surface area contributed by atoms with Crippen molar-refractivity contribution in [2.75, 3.05) is 0 Å². The summed E-state index contributed by atoms with van der Waals surface area (Å²) in [6.45, 7) is 1.65. The van der Waals surface area contributed by atoms with E-state index in [1.165, 1.54) is 0 Å². The Morgan fingerprint density at radius 2 is 1.96 bits per heavy atom. The van der Waals surface area contributed by atoms with E-state index in [1.54, 1.807) is 41.8 Å². The van der Waals surface area contributed by atoms with Crippen LogP contribution in [0.4, 0.5) is 8.78 Å². The molecule has 8 heteroatoms. The summed E-state index contributed by atoms with van der Waals surface area (Å²) in [6, 6.07) is 9.74. The average Bonchev–Trinajstić information content (AvgIpc) is 2.98. The van der Waals surface area contributed by atoms with Crippen LogP contribution in [0, 0.1) is 17.2 Å². The summed E-state index contributed by atoms with van der Waals surface area (Å²) in [5, 5.41) is 20.8. The number of rotatable bonds is 3. The van der Waals surface area contributed by atoms with Crippen molar-refractivity contribution < 1.29 is 8.78 Å². The first kappa shape index (κ1) is 15.3. The smallest absolute Gasteiger partial charge is 0.249 e. The van der Waals surface area contributed by atoms with Crippen molar-refractivity contribution in [3.8, 4) is 0 Å².